The first-order valence-electron chi connectivity index (χ1n) is 7.47. The Morgan fingerprint density at radius 3 is 2.00 bits per heavy atom. The second-order valence-electron chi connectivity index (χ2n) is 5.99. The number of methoxy groups -OCH3 is 1. The monoisotopic (exact) mass is 279 g/mol. The molecule has 0 saturated heterocycles. The van der Waals surface area contributed by atoms with Crippen LogP contribution in [-0.2, 0) is 11.2 Å². The molecule has 0 aliphatic carbocycles. The molecule has 1 N–H and O–H groups in total. The van der Waals surface area contributed by atoms with E-state index in [-0.39, 0.29) is 6.10 Å². The van der Waals surface area contributed by atoms with E-state index in [1.807, 2.05) is 0 Å². The maximum absolute atomic E-state index is 5.52. The zero-order valence-corrected chi connectivity index (χ0v) is 13.9. The Labute approximate surface area is 123 Å². The van der Waals surface area contributed by atoms with Gasteiger partial charge in [-0.3, -0.25) is 0 Å². The third kappa shape index (κ3) is 4.53. The van der Waals surface area contributed by atoms with Gasteiger partial charge in [0.25, 0.3) is 0 Å². The van der Waals surface area contributed by atoms with Crippen molar-refractivity contribution in [3.05, 3.63) is 22.8 Å². The van der Waals surface area contributed by atoms with Crippen molar-refractivity contribution in [2.24, 2.45) is 5.92 Å². The number of hydrogen-bond donors (Lipinski definition) is 1. The average Bonchev–Trinajstić information content (AvgIpc) is 2.32. The molecule has 1 unspecified atom stereocenters. The number of aromatic nitrogens is 2. The summed E-state index contributed by atoms with van der Waals surface area (Å²) in [5, 5.41) is 3.43. The van der Waals surface area contributed by atoms with E-state index in [0.717, 1.165) is 30.2 Å². The Morgan fingerprint density at radius 2 is 1.60 bits per heavy atom. The fourth-order valence-corrected chi connectivity index (χ4v) is 2.42. The summed E-state index contributed by atoms with van der Waals surface area (Å²) in [6, 6.07) is 0.509. The normalized spacial score (nSPS) is 13.2. The topological polar surface area (TPSA) is 47.0 Å². The molecule has 0 spiro atoms. The van der Waals surface area contributed by atoms with E-state index < -0.39 is 0 Å². The highest BCUT2D eigenvalue weighted by molar-refractivity contribution is 5.25. The zero-order chi connectivity index (χ0) is 15.3. The van der Waals surface area contributed by atoms with Crippen molar-refractivity contribution in [3.63, 3.8) is 0 Å². The molecule has 4 heteroatoms. The van der Waals surface area contributed by atoms with Gasteiger partial charge in [0.15, 0.2) is 5.82 Å². The van der Waals surface area contributed by atoms with Crippen molar-refractivity contribution in [2.45, 2.75) is 60.1 Å². The third-order valence-electron chi connectivity index (χ3n) is 3.48. The fourth-order valence-electron chi connectivity index (χ4n) is 2.42. The van der Waals surface area contributed by atoms with Gasteiger partial charge in [-0.15, -0.1) is 0 Å². The van der Waals surface area contributed by atoms with E-state index in [4.69, 9.17) is 4.74 Å². The molecule has 0 aromatic carbocycles. The van der Waals surface area contributed by atoms with Crippen molar-refractivity contribution >= 4 is 0 Å². The van der Waals surface area contributed by atoms with Gasteiger partial charge in [-0.05, 0) is 38.3 Å². The molecule has 1 atom stereocenters. The Hall–Kier alpha value is -1.00. The molecule has 1 aromatic rings. The molecule has 0 fully saturated rings. The molecule has 0 bridgehead atoms. The van der Waals surface area contributed by atoms with Crippen molar-refractivity contribution in [3.8, 4) is 0 Å². The van der Waals surface area contributed by atoms with Crippen LogP contribution in [0.25, 0.3) is 0 Å². The zero-order valence-electron chi connectivity index (χ0n) is 13.9. The summed E-state index contributed by atoms with van der Waals surface area (Å²) in [6.07, 6.45) is 0.936. The van der Waals surface area contributed by atoms with Gasteiger partial charge in [-0.2, -0.15) is 0 Å². The van der Waals surface area contributed by atoms with Crippen LogP contribution in [0.15, 0.2) is 0 Å². The van der Waals surface area contributed by atoms with Crippen LogP contribution in [0.3, 0.4) is 0 Å². The Bertz CT molecular complexity index is 407. The number of ether oxygens (including phenoxy) is 1. The van der Waals surface area contributed by atoms with E-state index >= 15 is 0 Å². The van der Waals surface area contributed by atoms with Crippen molar-refractivity contribution in [2.75, 3.05) is 13.7 Å². The summed E-state index contributed by atoms with van der Waals surface area (Å²) in [5.41, 5.74) is 3.39. The Kier molecular flexibility index (Phi) is 6.56. The van der Waals surface area contributed by atoms with Crippen molar-refractivity contribution in [1.82, 2.24) is 15.3 Å². The van der Waals surface area contributed by atoms with Crippen LogP contribution in [0.4, 0.5) is 0 Å². The second kappa shape index (κ2) is 7.70. The van der Waals surface area contributed by atoms with E-state index in [1.54, 1.807) is 7.11 Å². The third-order valence-corrected chi connectivity index (χ3v) is 3.48. The SMILES string of the molecule is COC(c1nc(C)c(CCNC(C)C)c(C)n1)C(C)C. The molecule has 0 aliphatic heterocycles. The van der Waals surface area contributed by atoms with Crippen LogP contribution in [0.1, 0.15) is 56.6 Å². The number of nitrogens with zero attached hydrogens (tertiary/aromatic N) is 2. The van der Waals surface area contributed by atoms with Gasteiger partial charge in [-0.25, -0.2) is 9.97 Å². The molecule has 1 aromatic heterocycles. The average molecular weight is 279 g/mol. The van der Waals surface area contributed by atoms with Crippen LogP contribution >= 0.6 is 0 Å². The lowest BCUT2D eigenvalue weighted by Gasteiger charge is -2.20. The first kappa shape index (κ1) is 17.1. The van der Waals surface area contributed by atoms with Crippen LogP contribution in [0.5, 0.6) is 0 Å². The molecule has 1 rings (SSSR count). The van der Waals surface area contributed by atoms with Gasteiger partial charge in [0.1, 0.15) is 6.10 Å². The largest absolute Gasteiger partial charge is 0.373 e. The molecular formula is C16H29N3O. The summed E-state index contributed by atoms with van der Waals surface area (Å²) in [6.45, 7) is 13.7. The van der Waals surface area contributed by atoms with Crippen LogP contribution in [0.2, 0.25) is 0 Å². The summed E-state index contributed by atoms with van der Waals surface area (Å²) < 4.78 is 5.52. The van der Waals surface area contributed by atoms with E-state index in [0.29, 0.717) is 12.0 Å². The first-order valence-corrected chi connectivity index (χ1v) is 7.47. The summed E-state index contributed by atoms with van der Waals surface area (Å²) in [5.74, 6) is 1.17. The summed E-state index contributed by atoms with van der Waals surface area (Å²) >= 11 is 0. The molecule has 114 valence electrons. The van der Waals surface area contributed by atoms with Gasteiger partial charge in [0.05, 0.1) is 0 Å². The smallest absolute Gasteiger partial charge is 0.157 e. The van der Waals surface area contributed by atoms with Gasteiger partial charge in [-0.1, -0.05) is 27.7 Å². The van der Waals surface area contributed by atoms with Crippen molar-refractivity contribution in [1.29, 1.82) is 0 Å². The minimum absolute atomic E-state index is 0.0322. The summed E-state index contributed by atoms with van der Waals surface area (Å²) in [7, 11) is 1.72. The van der Waals surface area contributed by atoms with E-state index in [2.05, 4.69) is 56.8 Å². The van der Waals surface area contributed by atoms with Crippen LogP contribution in [-0.4, -0.2) is 29.7 Å². The molecule has 4 nitrogen and oxygen atoms in total. The van der Waals surface area contributed by atoms with Crippen LogP contribution < -0.4 is 5.32 Å². The van der Waals surface area contributed by atoms with Gasteiger partial charge in [0.2, 0.25) is 0 Å². The number of nitrogens with one attached hydrogen (secondary N) is 1. The lowest BCUT2D eigenvalue weighted by atomic mass is 10.0. The maximum atomic E-state index is 5.52. The molecule has 20 heavy (non-hydrogen) atoms. The molecule has 0 amide bonds. The molecule has 0 radical (unpaired) electrons. The number of aryl methyl sites for hydroxylation is 2. The fraction of sp³-hybridized carbons (Fsp3) is 0.750. The summed E-state index contributed by atoms with van der Waals surface area (Å²) in [4.78, 5) is 9.32. The van der Waals surface area contributed by atoms with E-state index in [1.165, 1.54) is 5.56 Å². The highest BCUT2D eigenvalue weighted by Gasteiger charge is 2.20. The lowest BCUT2D eigenvalue weighted by molar-refractivity contribution is 0.0571. The van der Waals surface area contributed by atoms with Gasteiger partial charge < -0.3 is 10.1 Å². The minimum atomic E-state index is -0.0322. The predicted molar refractivity (Wildman–Crippen MR) is 82.9 cm³/mol. The number of rotatable bonds is 7. The van der Waals surface area contributed by atoms with Gasteiger partial charge >= 0.3 is 0 Å². The Balaban J connectivity index is 2.91. The lowest BCUT2D eigenvalue weighted by Crippen LogP contribution is -2.26. The molecule has 0 aliphatic rings. The predicted octanol–water partition coefficient (Wildman–Crippen LogP) is 2.98. The van der Waals surface area contributed by atoms with Gasteiger partial charge in [0, 0.05) is 24.5 Å². The minimum Gasteiger partial charge on any atom is -0.373 e. The second-order valence-corrected chi connectivity index (χ2v) is 5.99. The quantitative estimate of drug-likeness (QED) is 0.833. The standard InChI is InChI=1S/C16H29N3O/c1-10(2)15(20-7)16-18-12(5)14(13(6)19-16)8-9-17-11(3)4/h10-11,15,17H,8-9H2,1-7H3. The van der Waals surface area contributed by atoms with E-state index in [9.17, 15) is 0 Å². The highest BCUT2D eigenvalue weighted by atomic mass is 16.5. The number of hydrogen-bond acceptors (Lipinski definition) is 4. The maximum Gasteiger partial charge on any atom is 0.157 e. The first-order chi connectivity index (χ1) is 9.36. The van der Waals surface area contributed by atoms with Crippen LogP contribution in [0, 0.1) is 19.8 Å². The van der Waals surface area contributed by atoms with Crippen molar-refractivity contribution < 1.29 is 4.74 Å². The molecule has 1 heterocycles. The molecule has 0 saturated carbocycles. The molecular weight excluding hydrogens is 250 g/mol. The Morgan fingerprint density at radius 1 is 1.05 bits per heavy atom. The highest BCUT2D eigenvalue weighted by Crippen LogP contribution is 2.23.